The molecule has 1 N–H and O–H groups in total. The largest absolute Gasteiger partial charge is 0.489 e. The van der Waals surface area contributed by atoms with Crippen LogP contribution in [0.2, 0.25) is 0 Å². The summed E-state index contributed by atoms with van der Waals surface area (Å²) >= 11 is 0. The quantitative estimate of drug-likeness (QED) is 0.442. The minimum absolute atomic E-state index is 0.185. The van der Waals surface area contributed by atoms with Gasteiger partial charge in [0.2, 0.25) is 5.91 Å². The van der Waals surface area contributed by atoms with Crippen molar-refractivity contribution in [1.29, 1.82) is 5.26 Å². The van der Waals surface area contributed by atoms with Gasteiger partial charge in [0, 0.05) is 23.4 Å². The van der Waals surface area contributed by atoms with Crippen LogP contribution in [0.25, 0.3) is 0 Å². The van der Waals surface area contributed by atoms with Gasteiger partial charge in [-0.25, -0.2) is 0 Å². The van der Waals surface area contributed by atoms with E-state index in [9.17, 15) is 19.7 Å². The number of nitrogens with one attached hydrogen (secondary N) is 1. The Balaban J connectivity index is 1.67. The van der Waals surface area contributed by atoms with Crippen molar-refractivity contribution < 1.29 is 14.5 Å². The van der Waals surface area contributed by atoms with Gasteiger partial charge >= 0.3 is 0 Å². The van der Waals surface area contributed by atoms with Crippen LogP contribution in [0.1, 0.15) is 11.1 Å². The van der Waals surface area contributed by atoms with Gasteiger partial charge in [-0.15, -0.1) is 0 Å². The number of amides is 1. The number of ether oxygens (including phenoxy) is 1. The summed E-state index contributed by atoms with van der Waals surface area (Å²) < 4.78 is 6.74. The Kier molecular flexibility index (Phi) is 6.75. The Morgan fingerprint density at radius 3 is 2.58 bits per heavy atom. The fourth-order valence-electron chi connectivity index (χ4n) is 2.82. The molecular formula is C22H18N4O5. The first-order chi connectivity index (χ1) is 15.0. The summed E-state index contributed by atoms with van der Waals surface area (Å²) in [4.78, 5) is 34.6. The van der Waals surface area contributed by atoms with Crippen LogP contribution >= 0.6 is 0 Å². The van der Waals surface area contributed by atoms with E-state index in [2.05, 4.69) is 11.4 Å². The van der Waals surface area contributed by atoms with Gasteiger partial charge < -0.3 is 10.1 Å². The van der Waals surface area contributed by atoms with Crippen LogP contribution in [0.15, 0.2) is 71.7 Å². The first-order valence-corrected chi connectivity index (χ1v) is 9.27. The van der Waals surface area contributed by atoms with Gasteiger partial charge in [-0.05, 0) is 23.8 Å². The summed E-state index contributed by atoms with van der Waals surface area (Å²) in [6.07, 6.45) is 1.36. The van der Waals surface area contributed by atoms with Crippen molar-refractivity contribution in [2.24, 2.45) is 0 Å². The van der Waals surface area contributed by atoms with E-state index < -0.39 is 16.4 Å². The number of pyridine rings is 1. The lowest BCUT2D eigenvalue weighted by atomic mass is 10.1. The van der Waals surface area contributed by atoms with E-state index in [-0.39, 0.29) is 18.8 Å². The second-order valence-corrected chi connectivity index (χ2v) is 6.58. The lowest BCUT2D eigenvalue weighted by molar-refractivity contribution is -0.385. The van der Waals surface area contributed by atoms with Crippen LogP contribution in [0.4, 0.5) is 11.4 Å². The van der Waals surface area contributed by atoms with E-state index in [0.717, 1.165) is 28.5 Å². The number of nitriles is 1. The van der Waals surface area contributed by atoms with Crippen molar-refractivity contribution >= 4 is 17.3 Å². The zero-order chi connectivity index (χ0) is 22.2. The molecule has 1 heterocycles. The molecule has 0 atom stereocenters. The standard InChI is InChI=1S/C22H18N4O5/c23-12-11-16-5-8-19(9-6-16)31-15-17-3-1-2-4-20(17)24-21(27)14-25-13-18(26(29)30)7-10-22(25)28/h1-10,13H,11,14-15H2,(H,24,27). The first-order valence-electron chi connectivity index (χ1n) is 9.27. The van der Waals surface area contributed by atoms with Crippen LogP contribution in [0, 0.1) is 21.4 Å². The van der Waals surface area contributed by atoms with E-state index in [0.29, 0.717) is 23.4 Å². The van der Waals surface area contributed by atoms with Gasteiger partial charge in [0.15, 0.2) is 0 Å². The van der Waals surface area contributed by atoms with Crippen molar-refractivity contribution in [3.8, 4) is 11.8 Å². The molecule has 3 aromatic rings. The maximum Gasteiger partial charge on any atom is 0.285 e. The summed E-state index contributed by atoms with van der Waals surface area (Å²) in [5, 5.41) is 22.3. The average Bonchev–Trinajstić information content (AvgIpc) is 2.75. The molecule has 0 aliphatic carbocycles. The molecule has 0 radical (unpaired) electrons. The molecule has 0 bridgehead atoms. The molecule has 2 aromatic carbocycles. The summed E-state index contributed by atoms with van der Waals surface area (Å²) in [7, 11) is 0. The molecule has 0 spiro atoms. The molecule has 1 amide bonds. The van der Waals surface area contributed by atoms with Crippen molar-refractivity contribution in [2.45, 2.75) is 19.6 Å². The molecule has 0 aliphatic heterocycles. The highest BCUT2D eigenvalue weighted by molar-refractivity contribution is 5.91. The predicted molar refractivity (Wildman–Crippen MR) is 113 cm³/mol. The van der Waals surface area contributed by atoms with Gasteiger partial charge in [-0.2, -0.15) is 5.26 Å². The molecule has 31 heavy (non-hydrogen) atoms. The summed E-state index contributed by atoms with van der Waals surface area (Å²) in [5.74, 6) is 0.113. The molecule has 156 valence electrons. The lowest BCUT2D eigenvalue weighted by Gasteiger charge is -2.13. The maximum absolute atomic E-state index is 12.4. The monoisotopic (exact) mass is 418 g/mol. The molecule has 0 aliphatic rings. The number of carbonyl (C=O) groups excluding carboxylic acids is 1. The normalized spacial score (nSPS) is 10.2. The van der Waals surface area contributed by atoms with Crippen LogP contribution in [-0.4, -0.2) is 15.4 Å². The maximum atomic E-state index is 12.4. The molecule has 9 heteroatoms. The SMILES string of the molecule is N#CCc1ccc(OCc2ccccc2NC(=O)Cn2cc([N+](=O)[O-])ccc2=O)cc1. The highest BCUT2D eigenvalue weighted by atomic mass is 16.6. The second-order valence-electron chi connectivity index (χ2n) is 6.58. The molecule has 0 saturated carbocycles. The number of rotatable bonds is 8. The average molecular weight is 418 g/mol. The fourth-order valence-corrected chi connectivity index (χ4v) is 2.82. The third-order valence-electron chi connectivity index (χ3n) is 4.38. The topological polar surface area (TPSA) is 127 Å². The van der Waals surface area contributed by atoms with E-state index in [1.165, 1.54) is 0 Å². The number of nitro groups is 1. The Labute approximate surface area is 177 Å². The number of carbonyl (C=O) groups is 1. The Hall–Kier alpha value is -4.45. The van der Waals surface area contributed by atoms with Crippen LogP contribution < -0.4 is 15.6 Å². The Morgan fingerprint density at radius 1 is 1.13 bits per heavy atom. The number of hydrogen-bond donors (Lipinski definition) is 1. The highest BCUT2D eigenvalue weighted by Crippen LogP contribution is 2.19. The third kappa shape index (κ3) is 5.77. The molecule has 0 unspecified atom stereocenters. The number of para-hydroxylation sites is 1. The smallest absolute Gasteiger partial charge is 0.285 e. The minimum Gasteiger partial charge on any atom is -0.489 e. The van der Waals surface area contributed by atoms with Gasteiger partial charge in [-0.3, -0.25) is 24.3 Å². The van der Waals surface area contributed by atoms with E-state index in [4.69, 9.17) is 10.00 Å². The summed E-state index contributed by atoms with van der Waals surface area (Å²) in [6, 6.07) is 18.4. The summed E-state index contributed by atoms with van der Waals surface area (Å²) in [6.45, 7) is -0.180. The zero-order valence-electron chi connectivity index (χ0n) is 16.4. The van der Waals surface area contributed by atoms with Gasteiger partial charge in [0.25, 0.3) is 11.2 Å². The predicted octanol–water partition coefficient (Wildman–Crippen LogP) is 3.04. The van der Waals surface area contributed by atoms with Crippen LogP contribution in [-0.2, 0) is 24.4 Å². The van der Waals surface area contributed by atoms with Gasteiger partial charge in [-0.1, -0.05) is 30.3 Å². The molecule has 0 saturated heterocycles. The van der Waals surface area contributed by atoms with Gasteiger partial charge in [0.05, 0.1) is 23.6 Å². The Bertz CT molecular complexity index is 1200. The number of nitrogens with zero attached hydrogens (tertiary/aromatic N) is 3. The molecule has 1 aromatic heterocycles. The second kappa shape index (κ2) is 9.84. The Morgan fingerprint density at radius 2 is 1.87 bits per heavy atom. The number of anilines is 1. The minimum atomic E-state index is -0.632. The number of benzene rings is 2. The van der Waals surface area contributed by atoms with Crippen molar-refractivity contribution in [2.75, 3.05) is 5.32 Å². The van der Waals surface area contributed by atoms with E-state index in [1.54, 1.807) is 36.4 Å². The fraction of sp³-hybridized carbons (Fsp3) is 0.136. The lowest BCUT2D eigenvalue weighted by Crippen LogP contribution is -2.27. The summed E-state index contributed by atoms with van der Waals surface area (Å²) in [5.41, 5.74) is 1.31. The molecule has 3 rings (SSSR count). The van der Waals surface area contributed by atoms with Crippen molar-refractivity contribution in [3.63, 3.8) is 0 Å². The third-order valence-corrected chi connectivity index (χ3v) is 4.38. The molecule has 9 nitrogen and oxygen atoms in total. The van der Waals surface area contributed by atoms with Crippen molar-refractivity contribution in [3.05, 3.63) is 98.5 Å². The van der Waals surface area contributed by atoms with Crippen LogP contribution in [0.5, 0.6) is 5.75 Å². The van der Waals surface area contributed by atoms with E-state index in [1.807, 2.05) is 12.1 Å². The van der Waals surface area contributed by atoms with E-state index >= 15 is 0 Å². The molecular weight excluding hydrogens is 400 g/mol. The van der Waals surface area contributed by atoms with Crippen molar-refractivity contribution in [1.82, 2.24) is 4.57 Å². The molecule has 0 fully saturated rings. The number of hydrogen-bond acceptors (Lipinski definition) is 6. The van der Waals surface area contributed by atoms with Crippen LogP contribution in [0.3, 0.4) is 0 Å². The van der Waals surface area contributed by atoms with Gasteiger partial charge in [0.1, 0.15) is 18.9 Å². The highest BCUT2D eigenvalue weighted by Gasteiger charge is 2.12. The number of aromatic nitrogens is 1. The zero-order valence-corrected chi connectivity index (χ0v) is 16.4. The first kappa shape index (κ1) is 21.3.